The summed E-state index contributed by atoms with van der Waals surface area (Å²) < 4.78 is 58.6. The molecule has 0 unspecified atom stereocenters. The van der Waals surface area contributed by atoms with E-state index in [1.54, 1.807) is 0 Å². The molecule has 20 heavy (non-hydrogen) atoms. The second kappa shape index (κ2) is 6.75. The number of hydrogen-bond donors (Lipinski definition) is 0. The maximum atomic E-state index is 12.8. The van der Waals surface area contributed by atoms with Gasteiger partial charge >= 0.3 is 12.6 Å². The highest BCUT2D eigenvalue weighted by atomic mass is 19.3. The first-order valence-corrected chi connectivity index (χ1v) is 5.38. The molecule has 0 heterocycles. The Hall–Kier alpha value is -2.30. The minimum Gasteiger partial charge on any atom is -0.462 e. The molecule has 1 rings (SSSR count). The van der Waals surface area contributed by atoms with Crippen LogP contribution in [0.3, 0.4) is 0 Å². The lowest BCUT2D eigenvalue weighted by atomic mass is 10.0. The van der Waals surface area contributed by atoms with Gasteiger partial charge in [-0.1, -0.05) is 0 Å². The molecule has 0 aliphatic rings. The number of benzene rings is 1. The molecular weight excluding hydrogens is 282 g/mol. The number of halogens is 4. The predicted octanol–water partition coefficient (Wildman–Crippen LogP) is 3.27. The summed E-state index contributed by atoms with van der Waals surface area (Å²) in [6.07, 6.45) is -3.19. The van der Waals surface area contributed by atoms with Gasteiger partial charge in [0.25, 0.3) is 6.43 Å². The summed E-state index contributed by atoms with van der Waals surface area (Å²) in [5.74, 6) is -1.87. The van der Waals surface area contributed by atoms with E-state index in [4.69, 9.17) is 5.26 Å². The lowest BCUT2D eigenvalue weighted by molar-refractivity contribution is -0.0521. The van der Waals surface area contributed by atoms with Crippen molar-refractivity contribution < 1.29 is 31.8 Å². The van der Waals surface area contributed by atoms with Crippen LogP contribution in [0.25, 0.3) is 0 Å². The molecule has 0 aliphatic carbocycles. The van der Waals surface area contributed by atoms with Crippen molar-refractivity contribution >= 4 is 5.97 Å². The molecule has 8 heteroatoms. The van der Waals surface area contributed by atoms with Gasteiger partial charge in [0.05, 0.1) is 23.3 Å². The van der Waals surface area contributed by atoms with Gasteiger partial charge in [0.2, 0.25) is 0 Å². The average Bonchev–Trinajstić information content (AvgIpc) is 2.38. The van der Waals surface area contributed by atoms with Gasteiger partial charge in [-0.05, 0) is 19.1 Å². The molecule has 0 aliphatic heterocycles. The molecule has 1 aromatic rings. The molecule has 0 amide bonds. The van der Waals surface area contributed by atoms with E-state index >= 15 is 0 Å². The first kappa shape index (κ1) is 15.8. The monoisotopic (exact) mass is 291 g/mol. The highest BCUT2D eigenvalue weighted by Crippen LogP contribution is 2.34. The molecule has 0 saturated carbocycles. The molecule has 0 saturated heterocycles. The fraction of sp³-hybridized carbons (Fsp3) is 0.333. The number of hydrogen-bond acceptors (Lipinski definition) is 4. The molecule has 4 nitrogen and oxygen atoms in total. The lowest BCUT2D eigenvalue weighted by Gasteiger charge is -2.13. The fourth-order valence-electron chi connectivity index (χ4n) is 1.45. The molecule has 108 valence electrons. The maximum absolute atomic E-state index is 12.8. The summed E-state index contributed by atoms with van der Waals surface area (Å²) in [4.78, 5) is 11.5. The van der Waals surface area contributed by atoms with E-state index in [2.05, 4.69) is 9.47 Å². The number of esters is 1. The molecule has 0 bridgehead atoms. The fourth-order valence-corrected chi connectivity index (χ4v) is 1.45. The van der Waals surface area contributed by atoms with Crippen molar-refractivity contribution in [3.8, 4) is 11.8 Å². The van der Waals surface area contributed by atoms with E-state index in [9.17, 15) is 22.4 Å². The molecule has 1 aromatic carbocycles. The van der Waals surface area contributed by atoms with Gasteiger partial charge in [0, 0.05) is 0 Å². The number of alkyl halides is 4. The van der Waals surface area contributed by atoms with Gasteiger partial charge in [0.15, 0.2) is 5.75 Å². The standard InChI is InChI=1S/C12H9F4NO3/c1-2-19-11(18)6-3-7(5-17)9(20-12(15)16)8(4-6)10(13)14/h3-4,10,12H,2H2,1H3. The van der Waals surface area contributed by atoms with Crippen molar-refractivity contribution in [1.82, 2.24) is 0 Å². The Labute approximate surface area is 111 Å². The minimum absolute atomic E-state index is 0.0000175. The van der Waals surface area contributed by atoms with Crippen LogP contribution in [0, 0.1) is 11.3 Å². The van der Waals surface area contributed by atoms with E-state index in [0.29, 0.717) is 6.07 Å². The Morgan fingerprint density at radius 3 is 2.45 bits per heavy atom. The summed E-state index contributed by atoms with van der Waals surface area (Å²) in [5.41, 5.74) is -1.89. The molecule has 0 aromatic heterocycles. The van der Waals surface area contributed by atoms with Gasteiger partial charge in [-0.2, -0.15) is 14.0 Å². The van der Waals surface area contributed by atoms with Gasteiger partial charge < -0.3 is 9.47 Å². The Balaban J connectivity index is 3.39. The third-order valence-electron chi connectivity index (χ3n) is 2.19. The lowest BCUT2D eigenvalue weighted by Crippen LogP contribution is -2.10. The largest absolute Gasteiger partial charge is 0.462 e. The van der Waals surface area contributed by atoms with Crippen molar-refractivity contribution in [3.05, 3.63) is 28.8 Å². The van der Waals surface area contributed by atoms with Crippen LogP contribution < -0.4 is 4.74 Å². The highest BCUT2D eigenvalue weighted by molar-refractivity contribution is 5.90. The number of nitrogens with zero attached hydrogens (tertiary/aromatic N) is 1. The topological polar surface area (TPSA) is 59.3 Å². The van der Waals surface area contributed by atoms with Crippen LogP contribution in [0.15, 0.2) is 12.1 Å². The summed E-state index contributed by atoms with van der Waals surface area (Å²) >= 11 is 0. The van der Waals surface area contributed by atoms with Crippen molar-refractivity contribution in [1.29, 1.82) is 5.26 Å². The Bertz CT molecular complexity index is 540. The third-order valence-corrected chi connectivity index (χ3v) is 2.19. The molecule has 0 fully saturated rings. The first-order valence-electron chi connectivity index (χ1n) is 5.38. The number of rotatable bonds is 5. The van der Waals surface area contributed by atoms with Crippen LogP contribution in [-0.2, 0) is 4.74 Å². The molecular formula is C12H9F4NO3. The van der Waals surface area contributed by atoms with Gasteiger partial charge in [-0.15, -0.1) is 0 Å². The summed E-state index contributed by atoms with van der Waals surface area (Å²) in [5, 5.41) is 8.80. The second-order valence-electron chi connectivity index (χ2n) is 3.45. The van der Waals surface area contributed by atoms with Crippen molar-refractivity contribution in [2.45, 2.75) is 20.0 Å². The number of carbonyl (C=O) groups is 1. The second-order valence-corrected chi connectivity index (χ2v) is 3.45. The van der Waals surface area contributed by atoms with Crippen LogP contribution in [0.1, 0.15) is 34.8 Å². The van der Waals surface area contributed by atoms with Crippen LogP contribution in [0.5, 0.6) is 5.75 Å². The van der Waals surface area contributed by atoms with E-state index in [1.807, 2.05) is 0 Å². The number of nitriles is 1. The molecule has 0 spiro atoms. The molecule has 0 radical (unpaired) electrons. The normalized spacial score (nSPS) is 10.5. The van der Waals surface area contributed by atoms with Crippen LogP contribution in [-0.4, -0.2) is 19.2 Å². The smallest absolute Gasteiger partial charge is 0.387 e. The van der Waals surface area contributed by atoms with Gasteiger partial charge in [0.1, 0.15) is 6.07 Å². The Morgan fingerprint density at radius 1 is 1.35 bits per heavy atom. The average molecular weight is 291 g/mol. The predicted molar refractivity (Wildman–Crippen MR) is 58.7 cm³/mol. The highest BCUT2D eigenvalue weighted by Gasteiger charge is 2.24. The number of ether oxygens (including phenoxy) is 2. The zero-order valence-electron chi connectivity index (χ0n) is 10.2. The van der Waals surface area contributed by atoms with Gasteiger partial charge in [-0.3, -0.25) is 0 Å². The first-order chi connectivity index (χ1) is 9.40. The van der Waals surface area contributed by atoms with Crippen molar-refractivity contribution in [2.75, 3.05) is 6.61 Å². The van der Waals surface area contributed by atoms with E-state index in [0.717, 1.165) is 6.07 Å². The zero-order valence-corrected chi connectivity index (χ0v) is 10.2. The van der Waals surface area contributed by atoms with E-state index in [-0.39, 0.29) is 12.2 Å². The van der Waals surface area contributed by atoms with Crippen molar-refractivity contribution in [3.63, 3.8) is 0 Å². The Kier molecular flexibility index (Phi) is 5.32. The maximum Gasteiger partial charge on any atom is 0.387 e. The SMILES string of the molecule is CCOC(=O)c1cc(C#N)c(OC(F)F)c(C(F)F)c1. The Morgan fingerprint density at radius 2 is 2.00 bits per heavy atom. The van der Waals surface area contributed by atoms with Gasteiger partial charge in [-0.25, -0.2) is 13.6 Å². The van der Waals surface area contributed by atoms with Crippen LogP contribution in [0.4, 0.5) is 17.6 Å². The third kappa shape index (κ3) is 3.60. The van der Waals surface area contributed by atoms with E-state index < -0.39 is 35.9 Å². The quantitative estimate of drug-likeness (QED) is 0.617. The minimum atomic E-state index is -3.37. The summed E-state index contributed by atoms with van der Waals surface area (Å²) in [6, 6.07) is 2.96. The molecule has 0 atom stereocenters. The van der Waals surface area contributed by atoms with Crippen molar-refractivity contribution in [2.24, 2.45) is 0 Å². The summed E-state index contributed by atoms with van der Waals surface area (Å²) in [7, 11) is 0. The number of carbonyl (C=O) groups excluding carboxylic acids is 1. The van der Waals surface area contributed by atoms with Crippen LogP contribution >= 0.6 is 0 Å². The zero-order chi connectivity index (χ0) is 15.3. The summed E-state index contributed by atoms with van der Waals surface area (Å²) in [6.45, 7) is -1.86. The van der Waals surface area contributed by atoms with E-state index in [1.165, 1.54) is 13.0 Å². The molecule has 0 N–H and O–H groups in total. The van der Waals surface area contributed by atoms with Crippen LogP contribution in [0.2, 0.25) is 0 Å².